The zero-order chi connectivity index (χ0) is 14.9. The van der Waals surface area contributed by atoms with Gasteiger partial charge < -0.3 is 4.98 Å². The third-order valence-corrected chi connectivity index (χ3v) is 5.32. The van der Waals surface area contributed by atoms with Crippen LogP contribution in [0.4, 0.5) is 0 Å². The van der Waals surface area contributed by atoms with Crippen molar-refractivity contribution in [2.45, 2.75) is 44.4 Å². The predicted octanol–water partition coefficient (Wildman–Crippen LogP) is 3.95. The summed E-state index contributed by atoms with van der Waals surface area (Å²) in [7, 11) is 0. The molecule has 0 saturated heterocycles. The molecule has 1 aliphatic carbocycles. The average Bonchev–Trinajstić information content (AvgIpc) is 3.01. The molecule has 3 nitrogen and oxygen atoms in total. The molecule has 0 atom stereocenters. The number of rotatable bonds is 3. The zero-order valence-corrected chi connectivity index (χ0v) is 13.7. The highest BCUT2D eigenvalue weighted by Crippen LogP contribution is 2.44. The maximum Gasteiger partial charge on any atom is 0.265 e. The summed E-state index contributed by atoms with van der Waals surface area (Å²) in [6.45, 7) is 2.03. The van der Waals surface area contributed by atoms with Gasteiger partial charge in [0.05, 0.1) is 11.1 Å². The molecule has 1 aromatic carbocycles. The zero-order valence-electron chi connectivity index (χ0n) is 12.2. The molecular formula is C17H19BrN2O. The highest BCUT2D eigenvalue weighted by atomic mass is 79.9. The van der Waals surface area contributed by atoms with Crippen molar-refractivity contribution in [1.82, 2.24) is 9.97 Å². The largest absolute Gasteiger partial charge is 0.309 e. The number of hydrogen-bond donors (Lipinski definition) is 1. The van der Waals surface area contributed by atoms with Gasteiger partial charge in [-0.1, -0.05) is 50.1 Å². The summed E-state index contributed by atoms with van der Waals surface area (Å²) in [6, 6.07) is 10.5. The van der Waals surface area contributed by atoms with Crippen LogP contribution in [0.15, 0.2) is 39.6 Å². The van der Waals surface area contributed by atoms with Gasteiger partial charge in [-0.25, -0.2) is 4.98 Å². The molecule has 0 aliphatic heterocycles. The van der Waals surface area contributed by atoms with Gasteiger partial charge in [0.2, 0.25) is 0 Å². The van der Waals surface area contributed by atoms with Crippen LogP contribution in [0.1, 0.15) is 49.7 Å². The first-order valence-electron chi connectivity index (χ1n) is 7.52. The van der Waals surface area contributed by atoms with Gasteiger partial charge in [-0.15, -0.1) is 0 Å². The molecule has 1 fully saturated rings. The van der Waals surface area contributed by atoms with E-state index in [2.05, 4.69) is 45.2 Å². The second kappa shape index (κ2) is 5.76. The molecule has 1 aromatic heterocycles. The molecule has 0 radical (unpaired) electrons. The Labute approximate surface area is 133 Å². The predicted molar refractivity (Wildman–Crippen MR) is 87.6 cm³/mol. The van der Waals surface area contributed by atoms with E-state index >= 15 is 0 Å². The maximum atomic E-state index is 12.2. The molecule has 1 N–H and O–H groups in total. The number of aromatic amines is 1. The number of halogens is 1. The SMILES string of the molecule is CCc1nc(C2(c3ccccc3)CCCC2)[nH]c(=O)c1Br. The van der Waals surface area contributed by atoms with E-state index in [1.165, 1.54) is 18.4 Å². The molecule has 110 valence electrons. The van der Waals surface area contributed by atoms with Crippen molar-refractivity contribution in [3.8, 4) is 0 Å². The van der Waals surface area contributed by atoms with Gasteiger partial charge in [-0.3, -0.25) is 4.79 Å². The van der Waals surface area contributed by atoms with Crippen LogP contribution in [0, 0.1) is 0 Å². The standard InChI is InChI=1S/C17H19BrN2O/c1-2-13-14(18)15(21)20-16(19-13)17(10-6-7-11-17)12-8-4-3-5-9-12/h3-5,8-9H,2,6-7,10-11H2,1H3,(H,19,20,21). The first-order chi connectivity index (χ1) is 10.2. The van der Waals surface area contributed by atoms with Crippen molar-refractivity contribution in [3.05, 3.63) is 62.2 Å². The summed E-state index contributed by atoms with van der Waals surface area (Å²) < 4.78 is 0.565. The summed E-state index contributed by atoms with van der Waals surface area (Å²) in [5.74, 6) is 0.830. The Bertz CT molecular complexity index is 688. The van der Waals surface area contributed by atoms with Crippen LogP contribution in [0.3, 0.4) is 0 Å². The Morgan fingerprint density at radius 2 is 1.90 bits per heavy atom. The molecule has 1 aliphatic rings. The fraction of sp³-hybridized carbons (Fsp3) is 0.412. The molecule has 1 heterocycles. The van der Waals surface area contributed by atoms with Crippen molar-refractivity contribution >= 4 is 15.9 Å². The van der Waals surface area contributed by atoms with Gasteiger partial charge in [0.15, 0.2) is 0 Å². The van der Waals surface area contributed by atoms with E-state index < -0.39 is 0 Å². The van der Waals surface area contributed by atoms with Gasteiger partial charge in [0.25, 0.3) is 5.56 Å². The molecule has 0 amide bonds. The van der Waals surface area contributed by atoms with E-state index in [4.69, 9.17) is 4.98 Å². The summed E-state index contributed by atoms with van der Waals surface area (Å²) in [6.07, 6.45) is 5.20. The third-order valence-electron chi connectivity index (χ3n) is 4.50. The maximum absolute atomic E-state index is 12.2. The lowest BCUT2D eigenvalue weighted by molar-refractivity contribution is 0.494. The van der Waals surface area contributed by atoms with Crippen molar-refractivity contribution < 1.29 is 0 Å². The lowest BCUT2D eigenvalue weighted by Gasteiger charge is -2.29. The van der Waals surface area contributed by atoms with E-state index in [0.29, 0.717) is 4.47 Å². The van der Waals surface area contributed by atoms with Crippen LogP contribution in [-0.2, 0) is 11.8 Å². The summed E-state index contributed by atoms with van der Waals surface area (Å²) in [5, 5.41) is 0. The van der Waals surface area contributed by atoms with E-state index in [9.17, 15) is 4.79 Å². The number of nitrogens with zero attached hydrogens (tertiary/aromatic N) is 1. The Kier molecular flexibility index (Phi) is 3.98. The van der Waals surface area contributed by atoms with Crippen LogP contribution < -0.4 is 5.56 Å². The van der Waals surface area contributed by atoms with E-state index in [1.54, 1.807) is 0 Å². The molecule has 21 heavy (non-hydrogen) atoms. The van der Waals surface area contributed by atoms with Crippen LogP contribution in [0.2, 0.25) is 0 Å². The summed E-state index contributed by atoms with van der Waals surface area (Å²) >= 11 is 3.35. The number of H-pyrrole nitrogens is 1. The van der Waals surface area contributed by atoms with Crippen LogP contribution in [-0.4, -0.2) is 9.97 Å². The molecule has 2 aromatic rings. The van der Waals surface area contributed by atoms with Gasteiger partial charge in [0, 0.05) is 0 Å². The van der Waals surface area contributed by atoms with Gasteiger partial charge in [-0.2, -0.15) is 0 Å². The van der Waals surface area contributed by atoms with Crippen molar-refractivity contribution in [1.29, 1.82) is 0 Å². The number of aromatic nitrogens is 2. The quantitative estimate of drug-likeness (QED) is 0.914. The first-order valence-corrected chi connectivity index (χ1v) is 8.31. The molecule has 4 heteroatoms. The fourth-order valence-electron chi connectivity index (χ4n) is 3.36. The van der Waals surface area contributed by atoms with Crippen molar-refractivity contribution in [2.24, 2.45) is 0 Å². The number of benzene rings is 1. The Balaban J connectivity index is 2.19. The van der Waals surface area contributed by atoms with E-state index in [-0.39, 0.29) is 11.0 Å². The van der Waals surface area contributed by atoms with Gasteiger partial charge in [0.1, 0.15) is 10.3 Å². The van der Waals surface area contributed by atoms with Gasteiger partial charge >= 0.3 is 0 Å². The van der Waals surface area contributed by atoms with Crippen molar-refractivity contribution in [3.63, 3.8) is 0 Å². The van der Waals surface area contributed by atoms with Crippen molar-refractivity contribution in [2.75, 3.05) is 0 Å². The number of aryl methyl sites for hydroxylation is 1. The Hall–Kier alpha value is -1.42. The lowest BCUT2D eigenvalue weighted by Crippen LogP contribution is -2.30. The highest BCUT2D eigenvalue weighted by Gasteiger charge is 2.39. The topological polar surface area (TPSA) is 45.8 Å². The molecule has 1 saturated carbocycles. The molecule has 0 unspecified atom stereocenters. The monoisotopic (exact) mass is 346 g/mol. The minimum atomic E-state index is -0.134. The third kappa shape index (κ3) is 2.46. The first kappa shape index (κ1) is 14.5. The molecule has 0 spiro atoms. The molecule has 0 bridgehead atoms. The number of nitrogens with one attached hydrogen (secondary N) is 1. The van der Waals surface area contributed by atoms with Crippen LogP contribution >= 0.6 is 15.9 Å². The lowest BCUT2D eigenvalue weighted by atomic mass is 9.78. The summed E-state index contributed by atoms with van der Waals surface area (Å²) in [5.41, 5.74) is 1.90. The van der Waals surface area contributed by atoms with E-state index in [1.807, 2.05) is 13.0 Å². The minimum absolute atomic E-state index is 0.0703. The highest BCUT2D eigenvalue weighted by molar-refractivity contribution is 9.10. The second-order valence-electron chi connectivity index (χ2n) is 5.68. The summed E-state index contributed by atoms with van der Waals surface area (Å²) in [4.78, 5) is 20.0. The molecule has 3 rings (SSSR count). The Morgan fingerprint density at radius 1 is 1.24 bits per heavy atom. The van der Waals surface area contributed by atoms with Crippen LogP contribution in [0.25, 0.3) is 0 Å². The second-order valence-corrected chi connectivity index (χ2v) is 6.48. The van der Waals surface area contributed by atoms with Crippen LogP contribution in [0.5, 0.6) is 0 Å². The Morgan fingerprint density at radius 3 is 2.52 bits per heavy atom. The normalized spacial score (nSPS) is 17.0. The van der Waals surface area contributed by atoms with Gasteiger partial charge in [-0.05, 0) is 40.8 Å². The number of hydrogen-bond acceptors (Lipinski definition) is 2. The fourth-order valence-corrected chi connectivity index (χ4v) is 3.83. The average molecular weight is 347 g/mol. The molecular weight excluding hydrogens is 328 g/mol. The smallest absolute Gasteiger partial charge is 0.265 e. The minimum Gasteiger partial charge on any atom is -0.309 e. The van der Waals surface area contributed by atoms with E-state index in [0.717, 1.165) is 30.8 Å².